The molecular formula is C17H13N3O4. The summed E-state index contributed by atoms with van der Waals surface area (Å²) in [5, 5.41) is 19.4. The van der Waals surface area contributed by atoms with E-state index < -0.39 is 10.8 Å². The molecule has 2 rings (SSSR count). The van der Waals surface area contributed by atoms with Crippen molar-refractivity contribution >= 4 is 17.7 Å². The number of primary amides is 1. The topological polar surface area (TPSA) is 119 Å². The lowest BCUT2D eigenvalue weighted by Gasteiger charge is -2.06. The number of nitriles is 1. The molecule has 0 aliphatic heterocycles. The molecule has 0 spiro atoms. The number of nitrogens with zero attached hydrogens (tertiary/aromatic N) is 2. The molecule has 0 fully saturated rings. The van der Waals surface area contributed by atoms with Crippen LogP contribution in [-0.2, 0) is 11.4 Å². The summed E-state index contributed by atoms with van der Waals surface area (Å²) in [4.78, 5) is 21.1. The Morgan fingerprint density at radius 1 is 1.21 bits per heavy atom. The predicted molar refractivity (Wildman–Crippen MR) is 86.7 cm³/mol. The minimum absolute atomic E-state index is 0.0256. The van der Waals surface area contributed by atoms with E-state index in [1.165, 1.54) is 18.2 Å². The second kappa shape index (κ2) is 7.56. The largest absolute Gasteiger partial charge is 0.489 e. The molecule has 2 aromatic carbocycles. The average molecular weight is 323 g/mol. The average Bonchev–Trinajstić information content (AvgIpc) is 2.59. The Morgan fingerprint density at radius 3 is 2.33 bits per heavy atom. The third-order valence-corrected chi connectivity index (χ3v) is 3.13. The number of amides is 1. The Kier molecular flexibility index (Phi) is 5.26. The zero-order chi connectivity index (χ0) is 17.5. The summed E-state index contributed by atoms with van der Waals surface area (Å²) >= 11 is 0. The third-order valence-electron chi connectivity index (χ3n) is 3.13. The van der Waals surface area contributed by atoms with E-state index in [0.29, 0.717) is 11.3 Å². The number of hydrogen-bond acceptors (Lipinski definition) is 5. The lowest BCUT2D eigenvalue weighted by Crippen LogP contribution is -2.12. The summed E-state index contributed by atoms with van der Waals surface area (Å²) in [6, 6.07) is 14.6. The van der Waals surface area contributed by atoms with Gasteiger partial charge in [0.2, 0.25) is 0 Å². The highest BCUT2D eigenvalue weighted by Crippen LogP contribution is 2.17. The van der Waals surface area contributed by atoms with Gasteiger partial charge in [-0.2, -0.15) is 5.26 Å². The number of rotatable bonds is 6. The maximum Gasteiger partial charge on any atom is 0.269 e. The van der Waals surface area contributed by atoms with Gasteiger partial charge in [-0.15, -0.1) is 0 Å². The quantitative estimate of drug-likeness (QED) is 0.379. The van der Waals surface area contributed by atoms with E-state index in [4.69, 9.17) is 15.7 Å². The lowest BCUT2D eigenvalue weighted by atomic mass is 10.1. The second-order valence-corrected chi connectivity index (χ2v) is 4.82. The maximum atomic E-state index is 11.0. The molecule has 0 atom stereocenters. The van der Waals surface area contributed by atoms with Crippen molar-refractivity contribution in [2.45, 2.75) is 6.61 Å². The molecule has 1 amide bonds. The van der Waals surface area contributed by atoms with Crippen molar-refractivity contribution in [3.63, 3.8) is 0 Å². The van der Waals surface area contributed by atoms with Crippen LogP contribution in [0, 0.1) is 21.4 Å². The number of non-ortho nitro benzene ring substituents is 1. The molecule has 120 valence electrons. The number of carbonyl (C=O) groups is 1. The summed E-state index contributed by atoms with van der Waals surface area (Å²) in [7, 11) is 0. The fourth-order valence-electron chi connectivity index (χ4n) is 1.87. The zero-order valence-corrected chi connectivity index (χ0v) is 12.5. The maximum absolute atomic E-state index is 11.0. The van der Waals surface area contributed by atoms with Crippen molar-refractivity contribution in [3.05, 3.63) is 75.3 Å². The van der Waals surface area contributed by atoms with E-state index in [2.05, 4.69) is 0 Å². The molecule has 0 bridgehead atoms. The standard InChI is InChI=1S/C17H13N3O4/c18-10-14(17(19)21)9-12-3-7-16(8-4-12)24-11-13-1-5-15(6-2-13)20(22)23/h1-9H,11H2,(H2,19,21). The Balaban J connectivity index is 2.00. The number of nitrogens with two attached hydrogens (primary N) is 1. The third kappa shape index (κ3) is 4.42. The van der Waals surface area contributed by atoms with Crippen molar-refractivity contribution in [1.82, 2.24) is 0 Å². The molecule has 0 aromatic heterocycles. The van der Waals surface area contributed by atoms with Crippen LogP contribution in [0.5, 0.6) is 5.75 Å². The van der Waals surface area contributed by atoms with Crippen LogP contribution in [0.3, 0.4) is 0 Å². The van der Waals surface area contributed by atoms with Gasteiger partial charge >= 0.3 is 0 Å². The first-order chi connectivity index (χ1) is 11.5. The zero-order valence-electron chi connectivity index (χ0n) is 12.5. The van der Waals surface area contributed by atoms with Crippen LogP contribution in [-0.4, -0.2) is 10.8 Å². The summed E-state index contributed by atoms with van der Waals surface area (Å²) in [5.74, 6) is -0.195. The highest BCUT2D eigenvalue weighted by atomic mass is 16.6. The van der Waals surface area contributed by atoms with Gasteiger partial charge in [0.05, 0.1) is 4.92 Å². The van der Waals surface area contributed by atoms with Crippen LogP contribution < -0.4 is 10.5 Å². The molecular weight excluding hydrogens is 310 g/mol. The predicted octanol–water partition coefficient (Wildman–Crippen LogP) is 2.57. The number of nitro groups is 1. The Bertz CT molecular complexity index is 818. The fraction of sp³-hybridized carbons (Fsp3) is 0.0588. The van der Waals surface area contributed by atoms with E-state index in [9.17, 15) is 14.9 Å². The second-order valence-electron chi connectivity index (χ2n) is 4.82. The minimum Gasteiger partial charge on any atom is -0.489 e. The van der Waals surface area contributed by atoms with Crippen molar-refractivity contribution in [2.75, 3.05) is 0 Å². The van der Waals surface area contributed by atoms with E-state index in [1.807, 2.05) is 0 Å². The van der Waals surface area contributed by atoms with Gasteiger partial charge in [-0.3, -0.25) is 14.9 Å². The highest BCUT2D eigenvalue weighted by molar-refractivity contribution is 6.00. The molecule has 0 aliphatic rings. The van der Waals surface area contributed by atoms with Gasteiger partial charge in [0.15, 0.2) is 0 Å². The normalized spacial score (nSPS) is 10.7. The Labute approximate surface area is 137 Å². The molecule has 0 saturated heterocycles. The number of carbonyl (C=O) groups excluding carboxylic acids is 1. The van der Waals surface area contributed by atoms with E-state index in [-0.39, 0.29) is 17.9 Å². The SMILES string of the molecule is N#CC(=Cc1ccc(OCc2ccc([N+](=O)[O-])cc2)cc1)C(N)=O. The molecule has 0 unspecified atom stereocenters. The molecule has 0 saturated carbocycles. The smallest absolute Gasteiger partial charge is 0.269 e. The van der Waals surface area contributed by atoms with Crippen LogP contribution in [0.4, 0.5) is 5.69 Å². The number of hydrogen-bond donors (Lipinski definition) is 1. The molecule has 2 aromatic rings. The van der Waals surface area contributed by atoms with Crippen molar-refractivity contribution < 1.29 is 14.5 Å². The van der Waals surface area contributed by atoms with Crippen molar-refractivity contribution in [1.29, 1.82) is 5.26 Å². The van der Waals surface area contributed by atoms with Gasteiger partial charge in [0, 0.05) is 12.1 Å². The minimum atomic E-state index is -0.781. The molecule has 0 heterocycles. The summed E-state index contributed by atoms with van der Waals surface area (Å²) in [6.45, 7) is 0.262. The summed E-state index contributed by atoms with van der Waals surface area (Å²) in [5.41, 5.74) is 6.41. The van der Waals surface area contributed by atoms with Crippen LogP contribution in [0.2, 0.25) is 0 Å². The molecule has 0 radical (unpaired) electrons. The van der Waals surface area contributed by atoms with Gasteiger partial charge in [0.1, 0.15) is 24.0 Å². The monoisotopic (exact) mass is 323 g/mol. The van der Waals surface area contributed by atoms with Crippen LogP contribution in [0.15, 0.2) is 54.1 Å². The first-order valence-corrected chi connectivity index (χ1v) is 6.87. The summed E-state index contributed by atoms with van der Waals surface area (Å²) < 4.78 is 5.58. The van der Waals surface area contributed by atoms with E-state index >= 15 is 0 Å². The van der Waals surface area contributed by atoms with Crippen molar-refractivity contribution in [3.8, 4) is 11.8 Å². The van der Waals surface area contributed by atoms with Gasteiger partial charge in [-0.25, -0.2) is 0 Å². The van der Waals surface area contributed by atoms with Crippen LogP contribution in [0.1, 0.15) is 11.1 Å². The molecule has 2 N–H and O–H groups in total. The lowest BCUT2D eigenvalue weighted by molar-refractivity contribution is -0.384. The van der Waals surface area contributed by atoms with Crippen LogP contribution >= 0.6 is 0 Å². The first kappa shape index (κ1) is 16.7. The molecule has 24 heavy (non-hydrogen) atoms. The van der Waals surface area contributed by atoms with Crippen molar-refractivity contribution in [2.24, 2.45) is 5.73 Å². The number of ether oxygens (including phenoxy) is 1. The van der Waals surface area contributed by atoms with Crippen LogP contribution in [0.25, 0.3) is 6.08 Å². The van der Waals surface area contributed by atoms with Gasteiger partial charge < -0.3 is 10.5 Å². The fourth-order valence-corrected chi connectivity index (χ4v) is 1.87. The van der Waals surface area contributed by atoms with E-state index in [1.54, 1.807) is 42.5 Å². The molecule has 7 heteroatoms. The summed E-state index contributed by atoms with van der Waals surface area (Å²) in [6.07, 6.45) is 1.39. The first-order valence-electron chi connectivity index (χ1n) is 6.87. The molecule has 7 nitrogen and oxygen atoms in total. The number of nitro benzene ring substituents is 1. The Morgan fingerprint density at radius 2 is 1.83 bits per heavy atom. The van der Waals surface area contributed by atoms with Gasteiger partial charge in [0.25, 0.3) is 11.6 Å². The molecule has 0 aliphatic carbocycles. The Hall–Kier alpha value is -3.66. The number of benzene rings is 2. The van der Waals surface area contributed by atoms with Gasteiger partial charge in [-0.1, -0.05) is 12.1 Å². The van der Waals surface area contributed by atoms with Gasteiger partial charge in [-0.05, 0) is 41.5 Å². The highest BCUT2D eigenvalue weighted by Gasteiger charge is 2.05. The van der Waals surface area contributed by atoms with E-state index in [0.717, 1.165) is 5.56 Å².